The number of urea groups is 1. The fourth-order valence-electron chi connectivity index (χ4n) is 3.59. The third-order valence-electron chi connectivity index (χ3n) is 5.47. The molecule has 0 spiro atoms. The van der Waals surface area contributed by atoms with Crippen LogP contribution in [0.3, 0.4) is 0 Å². The fourth-order valence-corrected chi connectivity index (χ4v) is 3.59. The molecule has 28 heavy (non-hydrogen) atoms. The molecule has 1 aromatic carbocycles. The molecule has 144 valence electrons. The van der Waals surface area contributed by atoms with Gasteiger partial charge in [0.05, 0.1) is 5.56 Å². The van der Waals surface area contributed by atoms with Crippen molar-refractivity contribution in [3.05, 3.63) is 53.7 Å². The van der Waals surface area contributed by atoms with Gasteiger partial charge in [0.15, 0.2) is 0 Å². The topological polar surface area (TPSA) is 63.5 Å². The summed E-state index contributed by atoms with van der Waals surface area (Å²) in [5.41, 5.74) is 2.75. The zero-order chi connectivity index (χ0) is 19.5. The first kappa shape index (κ1) is 18.3. The van der Waals surface area contributed by atoms with Crippen LogP contribution in [-0.2, 0) is 0 Å². The summed E-state index contributed by atoms with van der Waals surface area (Å²) < 4.78 is 0. The SMILES string of the molecule is Cc1ccc(N(CC2CC2)C(=O)N2CCN(c3ncccc3C#N)CC2)cc1. The van der Waals surface area contributed by atoms with Crippen LogP contribution in [0.15, 0.2) is 42.6 Å². The molecule has 1 aromatic heterocycles. The van der Waals surface area contributed by atoms with Gasteiger partial charge in [0.1, 0.15) is 11.9 Å². The number of nitriles is 1. The van der Waals surface area contributed by atoms with Crippen LogP contribution in [0.4, 0.5) is 16.3 Å². The number of rotatable bonds is 4. The summed E-state index contributed by atoms with van der Waals surface area (Å²) in [6.45, 7) is 5.48. The fraction of sp³-hybridized carbons (Fsp3) is 0.409. The maximum absolute atomic E-state index is 13.3. The zero-order valence-corrected chi connectivity index (χ0v) is 16.2. The molecule has 1 aliphatic heterocycles. The van der Waals surface area contributed by atoms with Gasteiger partial charge in [-0.1, -0.05) is 17.7 Å². The second-order valence-electron chi connectivity index (χ2n) is 7.63. The highest BCUT2D eigenvalue weighted by Gasteiger charge is 2.32. The van der Waals surface area contributed by atoms with Crippen LogP contribution in [0.2, 0.25) is 0 Å². The normalized spacial score (nSPS) is 16.6. The summed E-state index contributed by atoms with van der Waals surface area (Å²) in [7, 11) is 0. The lowest BCUT2D eigenvalue weighted by Crippen LogP contribution is -2.53. The zero-order valence-electron chi connectivity index (χ0n) is 16.2. The first-order valence-electron chi connectivity index (χ1n) is 9.89. The number of amides is 2. The number of benzene rings is 1. The Morgan fingerprint density at radius 3 is 2.54 bits per heavy atom. The molecule has 1 aliphatic carbocycles. The Kier molecular flexibility index (Phi) is 5.16. The standard InChI is InChI=1S/C22H25N5O/c1-17-4-8-20(9-5-17)27(16-18-6-7-18)22(28)26-13-11-25(12-14-26)21-19(15-23)3-2-10-24-21/h2-5,8-10,18H,6-7,11-14,16H2,1H3. The molecule has 6 nitrogen and oxygen atoms in total. The van der Waals surface area contributed by atoms with Crippen LogP contribution < -0.4 is 9.80 Å². The highest BCUT2D eigenvalue weighted by molar-refractivity contribution is 5.92. The molecule has 0 bridgehead atoms. The van der Waals surface area contributed by atoms with Crippen molar-refractivity contribution < 1.29 is 4.79 Å². The molecule has 0 unspecified atom stereocenters. The Morgan fingerprint density at radius 1 is 1.18 bits per heavy atom. The molecule has 4 rings (SSSR count). The smallest absolute Gasteiger partial charge is 0.324 e. The van der Waals surface area contributed by atoms with Gasteiger partial charge in [0.2, 0.25) is 0 Å². The quantitative estimate of drug-likeness (QED) is 0.821. The van der Waals surface area contributed by atoms with Crippen molar-refractivity contribution in [1.29, 1.82) is 5.26 Å². The Morgan fingerprint density at radius 2 is 1.89 bits per heavy atom. The Hall–Kier alpha value is -3.07. The van der Waals surface area contributed by atoms with Gasteiger partial charge in [-0.15, -0.1) is 0 Å². The van der Waals surface area contributed by atoms with E-state index in [1.807, 2.05) is 21.9 Å². The Labute approximate surface area is 166 Å². The van der Waals surface area contributed by atoms with Crippen LogP contribution in [0, 0.1) is 24.2 Å². The molecular formula is C22H25N5O. The van der Waals surface area contributed by atoms with E-state index in [0.717, 1.165) is 12.2 Å². The lowest BCUT2D eigenvalue weighted by atomic mass is 10.2. The van der Waals surface area contributed by atoms with E-state index in [1.165, 1.54) is 18.4 Å². The van der Waals surface area contributed by atoms with Gasteiger partial charge in [-0.05, 0) is 49.9 Å². The molecule has 0 N–H and O–H groups in total. The molecule has 2 fully saturated rings. The monoisotopic (exact) mass is 375 g/mol. The molecule has 2 aromatic rings. The first-order valence-corrected chi connectivity index (χ1v) is 9.89. The average molecular weight is 375 g/mol. The third-order valence-corrected chi connectivity index (χ3v) is 5.47. The maximum Gasteiger partial charge on any atom is 0.324 e. The van der Waals surface area contributed by atoms with Crippen molar-refractivity contribution in [1.82, 2.24) is 9.88 Å². The molecular weight excluding hydrogens is 350 g/mol. The number of nitrogens with zero attached hydrogens (tertiary/aromatic N) is 5. The predicted octanol–water partition coefficient (Wildman–Crippen LogP) is 3.42. The lowest BCUT2D eigenvalue weighted by molar-refractivity contribution is 0.200. The highest BCUT2D eigenvalue weighted by Crippen LogP contribution is 2.32. The summed E-state index contributed by atoms with van der Waals surface area (Å²) >= 11 is 0. The first-order chi connectivity index (χ1) is 13.7. The van der Waals surface area contributed by atoms with E-state index in [1.54, 1.807) is 18.3 Å². The van der Waals surface area contributed by atoms with E-state index in [4.69, 9.17) is 0 Å². The van der Waals surface area contributed by atoms with Gasteiger partial charge in [-0.2, -0.15) is 5.26 Å². The van der Waals surface area contributed by atoms with Crippen molar-refractivity contribution >= 4 is 17.5 Å². The molecule has 2 heterocycles. The van der Waals surface area contributed by atoms with Crippen molar-refractivity contribution in [3.8, 4) is 6.07 Å². The largest absolute Gasteiger partial charge is 0.352 e. The molecule has 2 amide bonds. The summed E-state index contributed by atoms with van der Waals surface area (Å²) in [6, 6.07) is 14.1. The van der Waals surface area contributed by atoms with E-state index in [2.05, 4.69) is 35.0 Å². The summed E-state index contributed by atoms with van der Waals surface area (Å²) in [6.07, 6.45) is 4.13. The second kappa shape index (κ2) is 7.89. The molecule has 1 saturated heterocycles. The summed E-state index contributed by atoms with van der Waals surface area (Å²) in [4.78, 5) is 23.6. The predicted molar refractivity (Wildman–Crippen MR) is 109 cm³/mol. The Balaban J connectivity index is 1.45. The van der Waals surface area contributed by atoms with Crippen LogP contribution in [0.25, 0.3) is 0 Å². The number of anilines is 2. The lowest BCUT2D eigenvalue weighted by Gasteiger charge is -2.38. The van der Waals surface area contributed by atoms with Crippen LogP contribution in [0.1, 0.15) is 24.0 Å². The molecule has 0 radical (unpaired) electrons. The molecule has 1 saturated carbocycles. The van der Waals surface area contributed by atoms with Crippen molar-refractivity contribution in [2.75, 3.05) is 42.5 Å². The molecule has 6 heteroatoms. The average Bonchev–Trinajstić information content (AvgIpc) is 3.57. The minimum absolute atomic E-state index is 0.0805. The van der Waals surface area contributed by atoms with Crippen LogP contribution in [0.5, 0.6) is 0 Å². The van der Waals surface area contributed by atoms with Crippen molar-refractivity contribution in [2.24, 2.45) is 5.92 Å². The highest BCUT2D eigenvalue weighted by atomic mass is 16.2. The number of piperazine rings is 1. The van der Waals surface area contributed by atoms with Gasteiger partial charge >= 0.3 is 6.03 Å². The number of hydrogen-bond donors (Lipinski definition) is 0. The second-order valence-corrected chi connectivity index (χ2v) is 7.63. The summed E-state index contributed by atoms with van der Waals surface area (Å²) in [5.74, 6) is 1.34. The number of carbonyl (C=O) groups is 1. The number of carbonyl (C=O) groups excluding carboxylic acids is 1. The van der Waals surface area contributed by atoms with E-state index in [-0.39, 0.29) is 6.03 Å². The van der Waals surface area contributed by atoms with Gasteiger partial charge < -0.3 is 9.80 Å². The van der Waals surface area contributed by atoms with Gasteiger partial charge in [0, 0.05) is 44.6 Å². The van der Waals surface area contributed by atoms with Crippen molar-refractivity contribution in [3.63, 3.8) is 0 Å². The number of pyridine rings is 1. The van der Waals surface area contributed by atoms with E-state index >= 15 is 0 Å². The van der Waals surface area contributed by atoms with Gasteiger partial charge in [-0.3, -0.25) is 4.90 Å². The number of aromatic nitrogens is 1. The van der Waals surface area contributed by atoms with Crippen LogP contribution >= 0.6 is 0 Å². The van der Waals surface area contributed by atoms with Crippen molar-refractivity contribution in [2.45, 2.75) is 19.8 Å². The van der Waals surface area contributed by atoms with Gasteiger partial charge in [0.25, 0.3) is 0 Å². The third kappa shape index (κ3) is 3.94. The number of hydrogen-bond acceptors (Lipinski definition) is 4. The maximum atomic E-state index is 13.3. The number of aryl methyl sites for hydroxylation is 1. The minimum atomic E-state index is 0.0805. The minimum Gasteiger partial charge on any atom is -0.352 e. The summed E-state index contributed by atoms with van der Waals surface area (Å²) in [5, 5.41) is 9.31. The van der Waals surface area contributed by atoms with E-state index in [9.17, 15) is 10.1 Å². The Bertz CT molecular complexity index is 877. The van der Waals surface area contributed by atoms with E-state index in [0.29, 0.717) is 43.5 Å². The molecule has 2 aliphatic rings. The van der Waals surface area contributed by atoms with Crippen LogP contribution in [-0.4, -0.2) is 48.6 Å². The van der Waals surface area contributed by atoms with E-state index < -0.39 is 0 Å². The molecule has 0 atom stereocenters. The van der Waals surface area contributed by atoms with Gasteiger partial charge in [-0.25, -0.2) is 9.78 Å².